The van der Waals surface area contributed by atoms with Gasteiger partial charge in [-0.3, -0.25) is 9.97 Å². The molecule has 6 heteroatoms. The first-order chi connectivity index (χ1) is 17.3. The first kappa shape index (κ1) is 24.8. The third-order valence-electron chi connectivity index (χ3n) is 5.82. The fourth-order valence-corrected chi connectivity index (χ4v) is 4.06. The van der Waals surface area contributed by atoms with Gasteiger partial charge in [-0.05, 0) is 40.8 Å². The van der Waals surface area contributed by atoms with Crippen molar-refractivity contribution in [1.29, 1.82) is 10.5 Å². The third-order valence-corrected chi connectivity index (χ3v) is 5.82. The van der Waals surface area contributed by atoms with E-state index in [4.69, 9.17) is 10.5 Å². The summed E-state index contributed by atoms with van der Waals surface area (Å²) < 4.78 is 2.18. The van der Waals surface area contributed by atoms with Gasteiger partial charge in [0.05, 0.1) is 11.9 Å². The van der Waals surface area contributed by atoms with Crippen LogP contribution in [-0.4, -0.2) is 14.5 Å². The van der Waals surface area contributed by atoms with E-state index >= 15 is 0 Å². The Labute approximate surface area is 223 Å². The predicted molar refractivity (Wildman–Crippen MR) is 134 cm³/mol. The molecule has 0 fully saturated rings. The van der Waals surface area contributed by atoms with Crippen LogP contribution in [0.4, 0.5) is 0 Å². The van der Waals surface area contributed by atoms with Crippen molar-refractivity contribution >= 4 is 0 Å². The molecule has 0 atom stereocenters. The average Bonchev–Trinajstić information content (AvgIpc) is 3.43. The first-order valence-electron chi connectivity index (χ1n) is 11.2. The van der Waals surface area contributed by atoms with Gasteiger partial charge in [0.1, 0.15) is 0 Å². The molecule has 5 aromatic rings. The van der Waals surface area contributed by atoms with E-state index in [1.165, 1.54) is 11.1 Å². The number of nitrogens with zero attached hydrogens (tertiary/aromatic N) is 5. The van der Waals surface area contributed by atoms with Crippen molar-refractivity contribution in [2.24, 2.45) is 0 Å². The number of benzene rings is 3. The van der Waals surface area contributed by atoms with Crippen LogP contribution in [0.2, 0.25) is 0 Å². The van der Waals surface area contributed by atoms with E-state index in [2.05, 4.69) is 32.7 Å². The van der Waals surface area contributed by atoms with Gasteiger partial charge in [0.2, 0.25) is 0 Å². The van der Waals surface area contributed by atoms with Gasteiger partial charge in [0.15, 0.2) is 0 Å². The van der Waals surface area contributed by atoms with Crippen molar-refractivity contribution in [1.82, 2.24) is 14.5 Å². The molecule has 0 saturated heterocycles. The van der Waals surface area contributed by atoms with Crippen molar-refractivity contribution in [3.63, 3.8) is 0 Å². The molecule has 3 heterocycles. The molecule has 3 aromatic carbocycles. The number of hydrogen-bond acceptors (Lipinski definition) is 4. The molecule has 36 heavy (non-hydrogen) atoms. The normalized spacial score (nSPS) is 10.8. The smallest absolute Gasteiger partial charge is 0.0584 e. The largest absolute Gasteiger partial charge is 0.371 e. The summed E-state index contributed by atoms with van der Waals surface area (Å²) in [5.74, 6) is 1.06. The minimum Gasteiger partial charge on any atom is -0.371 e. The number of aromatic nitrogens is 3. The van der Waals surface area contributed by atoms with Gasteiger partial charge >= 0.3 is 0 Å². The van der Waals surface area contributed by atoms with Crippen molar-refractivity contribution in [2.45, 2.75) is 13.0 Å². The zero-order chi connectivity index (χ0) is 24.0. The van der Waals surface area contributed by atoms with Gasteiger partial charge in [-0.1, -0.05) is 42.0 Å². The number of rotatable bonds is 2. The minimum atomic E-state index is 0. The van der Waals surface area contributed by atoms with E-state index in [0.29, 0.717) is 11.1 Å². The van der Waals surface area contributed by atoms with Gasteiger partial charge in [-0.25, -0.2) is 10.5 Å². The fraction of sp³-hybridized carbons (Fsp3) is 0.0667. The zero-order valence-corrected chi connectivity index (χ0v) is 21.5. The zero-order valence-electron chi connectivity index (χ0n) is 19.1. The molecule has 0 saturated carbocycles. The van der Waals surface area contributed by atoms with Crippen LogP contribution in [0.1, 0.15) is 16.7 Å². The molecule has 1 aliphatic rings. The summed E-state index contributed by atoms with van der Waals surface area (Å²) in [6, 6.07) is 33.6. The Morgan fingerprint density at radius 3 is 2.53 bits per heavy atom. The second-order valence-corrected chi connectivity index (χ2v) is 7.94. The van der Waals surface area contributed by atoms with Crippen LogP contribution >= 0.6 is 0 Å². The monoisotopic (exact) mass is 642 g/mol. The number of pyridine rings is 1. The molecule has 175 valence electrons. The van der Waals surface area contributed by atoms with Crippen LogP contribution in [-0.2, 0) is 33.1 Å². The van der Waals surface area contributed by atoms with Gasteiger partial charge in [-0.15, -0.1) is 53.6 Å². The van der Waals surface area contributed by atoms with Crippen molar-refractivity contribution in [3.05, 3.63) is 120 Å². The first-order valence-corrected chi connectivity index (χ1v) is 11.2. The van der Waals surface area contributed by atoms with Gasteiger partial charge in [-0.2, -0.15) is 0 Å². The number of fused-ring (bicyclic) bond motifs is 3. The molecular weight excluding hydrogens is 623 g/mol. The Hall–Kier alpha value is -4.35. The van der Waals surface area contributed by atoms with Crippen LogP contribution in [0, 0.1) is 34.8 Å². The average molecular weight is 642 g/mol. The number of hydrogen-bond donors (Lipinski definition) is 0. The molecule has 1 radical (unpaired) electrons. The molecule has 0 aliphatic carbocycles. The second-order valence-electron chi connectivity index (χ2n) is 7.94. The van der Waals surface area contributed by atoms with E-state index in [-0.39, 0.29) is 25.7 Å². The summed E-state index contributed by atoms with van der Waals surface area (Å²) in [5, 5.41) is 18.1. The minimum absolute atomic E-state index is 0. The summed E-state index contributed by atoms with van der Waals surface area (Å²) >= 11 is 0. The van der Waals surface area contributed by atoms with Crippen molar-refractivity contribution < 1.29 is 20.1 Å². The standard InChI is InChI=1S/C19H10N3.C11H9N2.Ir/c20-12-17-7-6-16(10-18(17)13-21)19-11-15(8-9-22-19)14-4-2-1-3-5-14;1-2-4-10-9(3-1)5-7-13-8-6-12-11(10)13;/h1-9,11H;1-3,6,8H,5,7H2;/q2*-1;. The summed E-state index contributed by atoms with van der Waals surface area (Å²) in [6.45, 7) is 1.04. The van der Waals surface area contributed by atoms with E-state index < -0.39 is 0 Å². The number of imidazole rings is 1. The van der Waals surface area contributed by atoms with E-state index in [1.54, 1.807) is 18.3 Å². The van der Waals surface area contributed by atoms with Gasteiger partial charge < -0.3 is 4.57 Å². The summed E-state index contributed by atoms with van der Waals surface area (Å²) in [7, 11) is 0. The molecule has 0 N–H and O–H groups in total. The Balaban J connectivity index is 0.000000185. The molecular formula is C30H19IrN5-2. The second kappa shape index (κ2) is 11.4. The number of aryl methyl sites for hydroxylation is 2. The third kappa shape index (κ3) is 5.16. The van der Waals surface area contributed by atoms with Crippen LogP contribution in [0.3, 0.4) is 0 Å². The molecule has 0 amide bonds. The van der Waals surface area contributed by atoms with Crippen LogP contribution in [0.15, 0.2) is 91.4 Å². The maximum Gasteiger partial charge on any atom is 0.0584 e. The molecule has 1 aliphatic heterocycles. The molecule has 2 aromatic heterocycles. The van der Waals surface area contributed by atoms with E-state index in [0.717, 1.165) is 35.6 Å². The maximum atomic E-state index is 9.10. The van der Waals surface area contributed by atoms with E-state index in [9.17, 15) is 0 Å². The molecule has 0 bridgehead atoms. The van der Waals surface area contributed by atoms with Crippen LogP contribution < -0.4 is 0 Å². The van der Waals surface area contributed by atoms with Crippen LogP contribution in [0.25, 0.3) is 33.8 Å². The van der Waals surface area contributed by atoms with Crippen LogP contribution in [0.5, 0.6) is 0 Å². The Bertz CT molecular complexity index is 1580. The molecule has 0 unspecified atom stereocenters. The quantitative estimate of drug-likeness (QED) is 0.226. The SMILES string of the molecule is N#Cc1[c-]c(-c2cc(-c3ccccc3)ccn2)ccc1C#N.[Ir].[c-]1cccc2c1-c1nccn1CC2. The molecule has 0 spiro atoms. The Kier molecular flexibility index (Phi) is 7.83. The fourth-order valence-electron chi connectivity index (χ4n) is 4.06. The number of nitriles is 2. The van der Waals surface area contributed by atoms with Gasteiger partial charge in [0.25, 0.3) is 0 Å². The molecule has 5 nitrogen and oxygen atoms in total. The Morgan fingerprint density at radius 1 is 0.861 bits per heavy atom. The maximum absolute atomic E-state index is 9.10. The topological polar surface area (TPSA) is 78.3 Å². The van der Waals surface area contributed by atoms with E-state index in [1.807, 2.05) is 79.1 Å². The molecule has 6 rings (SSSR count). The Morgan fingerprint density at radius 2 is 1.72 bits per heavy atom. The van der Waals surface area contributed by atoms with Crippen molar-refractivity contribution in [3.8, 4) is 45.9 Å². The summed E-state index contributed by atoms with van der Waals surface area (Å²) in [5.41, 5.74) is 6.66. The summed E-state index contributed by atoms with van der Waals surface area (Å²) in [6.07, 6.45) is 6.70. The summed E-state index contributed by atoms with van der Waals surface area (Å²) in [4.78, 5) is 8.67. The van der Waals surface area contributed by atoms with Gasteiger partial charge in [0, 0.05) is 50.9 Å². The van der Waals surface area contributed by atoms with Crippen molar-refractivity contribution in [2.75, 3.05) is 0 Å². The predicted octanol–water partition coefficient (Wildman–Crippen LogP) is 5.86.